The Balaban J connectivity index is 0.000000179. The van der Waals surface area contributed by atoms with E-state index < -0.39 is 22.3 Å². The molecule has 4 aromatic rings. The summed E-state index contributed by atoms with van der Waals surface area (Å²) in [5, 5.41) is 60.1. The summed E-state index contributed by atoms with van der Waals surface area (Å²) in [6, 6.07) is 18.3. The third-order valence-electron chi connectivity index (χ3n) is 12.1. The second-order valence-corrected chi connectivity index (χ2v) is 16.3. The Morgan fingerprint density at radius 1 is 0.678 bits per heavy atom. The van der Waals surface area contributed by atoms with Crippen molar-refractivity contribution < 1.29 is 54.5 Å². The number of anilines is 3. The van der Waals surface area contributed by atoms with Crippen LogP contribution in [0.25, 0.3) is 12.2 Å². The maximum absolute atomic E-state index is 10.7. The van der Waals surface area contributed by atoms with Gasteiger partial charge in [-0.2, -0.15) is 0 Å². The molecule has 2 atom stereocenters. The first-order chi connectivity index (χ1) is 27.9. The number of aliphatic hydroxyl groups is 2. The molecule has 59 heavy (non-hydrogen) atoms. The van der Waals surface area contributed by atoms with Crippen LogP contribution >= 0.6 is 0 Å². The largest absolute Gasteiger partial charge is 0.504 e. The van der Waals surface area contributed by atoms with Gasteiger partial charge in [-0.25, -0.2) is 0 Å². The van der Waals surface area contributed by atoms with Crippen molar-refractivity contribution in [1.82, 2.24) is 0 Å². The molecule has 0 amide bonds. The van der Waals surface area contributed by atoms with Gasteiger partial charge in [0.1, 0.15) is 5.75 Å². The third-order valence-corrected chi connectivity index (χ3v) is 12.1. The molecule has 0 saturated heterocycles. The first kappa shape index (κ1) is 40.8. The molecular weight excluding hydrogens is 755 g/mol. The Kier molecular flexibility index (Phi) is 10.0. The molecule has 14 nitrogen and oxygen atoms in total. The number of methoxy groups -OCH3 is 1. The Bertz CT molecular complexity index is 2420. The molecule has 0 saturated carbocycles. The van der Waals surface area contributed by atoms with Gasteiger partial charge in [0.25, 0.3) is 11.4 Å². The zero-order chi connectivity index (χ0) is 42.8. The molecule has 4 heterocycles. The average Bonchev–Trinajstić information content (AvgIpc) is 3.48. The van der Waals surface area contributed by atoms with Crippen LogP contribution in [0.2, 0.25) is 0 Å². The fourth-order valence-electron chi connectivity index (χ4n) is 8.86. The molecular formula is C45H53N5O9+2. The normalized spacial score (nSPS) is 20.8. The van der Waals surface area contributed by atoms with Crippen molar-refractivity contribution in [1.29, 1.82) is 0 Å². The molecule has 4 aromatic carbocycles. The van der Waals surface area contributed by atoms with Crippen molar-refractivity contribution in [3.8, 4) is 28.7 Å². The molecule has 4 aliphatic rings. The van der Waals surface area contributed by atoms with Crippen molar-refractivity contribution in [3.63, 3.8) is 0 Å². The number of ether oxygens (including phenoxy) is 3. The van der Waals surface area contributed by atoms with E-state index in [0.717, 1.165) is 33.9 Å². The lowest BCUT2D eigenvalue weighted by Crippen LogP contribution is -2.60. The Hall–Kier alpha value is -6.38. The predicted molar refractivity (Wildman–Crippen MR) is 227 cm³/mol. The first-order valence-corrected chi connectivity index (χ1v) is 19.2. The average molecular weight is 808 g/mol. The smallest absolute Gasteiger partial charge is 0.261 e. The highest BCUT2D eigenvalue weighted by Crippen LogP contribution is 2.58. The van der Waals surface area contributed by atoms with Crippen LogP contribution in [0.4, 0.5) is 28.4 Å². The summed E-state index contributed by atoms with van der Waals surface area (Å²) in [6.07, 6.45) is 7.65. The van der Waals surface area contributed by atoms with Crippen molar-refractivity contribution >= 4 is 54.0 Å². The molecule has 0 aliphatic carbocycles. The van der Waals surface area contributed by atoms with Gasteiger partial charge < -0.3 is 49.3 Å². The standard InChI is InChI=1S/C23H27N3O4.C22H24N2O5/c1-22(2)18-13-16(24(3)4)6-7-19(18)26(10-11-27)23(22)9-8-15-12-17(25(5)29)14-20(28)21(15)30-23;1-21(2)17-13-16(28-4)5-6-18(17)24(9-10-25)22(21)8-7-14-11-15(23(3)27)12-19(26)20(14)29-22/h6-9,12-14,27H,5,10-11H2,1-4H3,(H-,28,29);5-8,11-13,25H,3,9-10H2,1-2,4H3,(H-,26,27)/p+2. The van der Waals surface area contributed by atoms with Crippen LogP contribution in [-0.2, 0) is 10.8 Å². The van der Waals surface area contributed by atoms with Crippen LogP contribution in [0, 0.1) is 0 Å². The molecule has 0 fully saturated rings. The Morgan fingerprint density at radius 3 is 1.53 bits per heavy atom. The van der Waals surface area contributed by atoms with Crippen LogP contribution in [0.1, 0.15) is 49.9 Å². The van der Waals surface area contributed by atoms with Gasteiger partial charge in [0.2, 0.25) is 11.4 Å². The van der Waals surface area contributed by atoms with Crippen molar-refractivity contribution in [2.75, 3.05) is 62.2 Å². The van der Waals surface area contributed by atoms with Gasteiger partial charge in [-0.1, -0.05) is 0 Å². The molecule has 6 N–H and O–H groups in total. The number of aromatic hydroxyl groups is 2. The highest BCUT2D eigenvalue weighted by Gasteiger charge is 2.60. The van der Waals surface area contributed by atoms with Crippen molar-refractivity contribution in [3.05, 3.63) is 95.1 Å². The van der Waals surface area contributed by atoms with E-state index in [4.69, 9.17) is 14.2 Å². The van der Waals surface area contributed by atoms with E-state index in [1.807, 2.05) is 72.5 Å². The van der Waals surface area contributed by atoms with Gasteiger partial charge >= 0.3 is 0 Å². The molecule has 2 unspecified atom stereocenters. The minimum absolute atomic E-state index is 0.0390. The molecule has 0 bridgehead atoms. The molecule has 14 heteroatoms. The summed E-state index contributed by atoms with van der Waals surface area (Å²) < 4.78 is 19.9. The number of phenolic OH excluding ortho intramolecular Hbond substituents is 2. The fraction of sp³-hybridized carbons (Fsp3) is 0.333. The van der Waals surface area contributed by atoms with Gasteiger partial charge in [-0.05, 0) is 99.5 Å². The van der Waals surface area contributed by atoms with Crippen LogP contribution in [0.5, 0.6) is 28.7 Å². The summed E-state index contributed by atoms with van der Waals surface area (Å²) >= 11 is 0. The Morgan fingerprint density at radius 2 is 1.12 bits per heavy atom. The lowest BCUT2D eigenvalue weighted by Gasteiger charge is -2.47. The number of nitrogens with zero attached hydrogens (tertiary/aromatic N) is 5. The summed E-state index contributed by atoms with van der Waals surface area (Å²) in [4.78, 5) is 6.11. The number of hydrogen-bond acceptors (Lipinski definition) is 12. The summed E-state index contributed by atoms with van der Waals surface area (Å²) in [5.41, 5.74) is 4.19. The van der Waals surface area contributed by atoms with Gasteiger partial charge in [0, 0.05) is 77.0 Å². The Labute approximate surface area is 343 Å². The van der Waals surface area contributed by atoms with E-state index >= 15 is 0 Å². The fourth-order valence-corrected chi connectivity index (χ4v) is 8.86. The second kappa shape index (κ2) is 14.5. The number of phenols is 2. The van der Waals surface area contributed by atoms with E-state index in [1.165, 1.54) is 12.1 Å². The van der Waals surface area contributed by atoms with Crippen LogP contribution in [0.3, 0.4) is 0 Å². The number of benzene rings is 4. The maximum Gasteiger partial charge on any atom is 0.261 e. The van der Waals surface area contributed by atoms with E-state index in [0.29, 0.717) is 56.6 Å². The highest BCUT2D eigenvalue weighted by molar-refractivity contribution is 5.78. The lowest BCUT2D eigenvalue weighted by atomic mass is 9.76. The maximum atomic E-state index is 10.7. The van der Waals surface area contributed by atoms with Crippen LogP contribution in [-0.4, -0.2) is 113 Å². The molecule has 0 radical (unpaired) electrons. The summed E-state index contributed by atoms with van der Waals surface area (Å²) in [7, 11) is 5.63. The van der Waals surface area contributed by atoms with E-state index in [-0.39, 0.29) is 24.7 Å². The van der Waals surface area contributed by atoms with Gasteiger partial charge in [-0.3, -0.25) is 10.4 Å². The molecule has 2 spiro atoms. The molecule has 0 aromatic heterocycles. The second-order valence-electron chi connectivity index (χ2n) is 16.3. The zero-order valence-corrected chi connectivity index (χ0v) is 34.5. The van der Waals surface area contributed by atoms with Crippen LogP contribution in [0.15, 0.2) is 72.8 Å². The topological polar surface area (TPSA) is 165 Å². The van der Waals surface area contributed by atoms with Gasteiger partial charge in [-0.15, -0.1) is 0 Å². The molecule has 8 rings (SSSR count). The minimum atomic E-state index is -0.959. The minimum Gasteiger partial charge on any atom is -0.504 e. The van der Waals surface area contributed by atoms with Crippen molar-refractivity contribution in [2.24, 2.45) is 0 Å². The lowest BCUT2D eigenvalue weighted by molar-refractivity contribution is -0.706. The third kappa shape index (κ3) is 6.16. The SMILES string of the molecule is C=[N+](O)c1cc(O)c2c(c1)C=CC1(O2)N(CCO)c2ccc(N(C)C)cc2C1(C)C.C=[N+](O)c1cc(O)c2c(c1)C=CC1(O2)N(CCO)c2ccc(OC)cc2C1(C)C. The number of β-amino-alcohol motifs (C(OH)–C–C–N with tert-alkyl or cyclic N) is 2. The predicted octanol–water partition coefficient (Wildman–Crippen LogP) is 6.11. The van der Waals surface area contributed by atoms with E-state index in [9.17, 15) is 30.8 Å². The van der Waals surface area contributed by atoms with E-state index in [2.05, 4.69) is 58.2 Å². The molecule has 4 aliphatic heterocycles. The van der Waals surface area contributed by atoms with Crippen LogP contribution < -0.4 is 28.9 Å². The number of fused-ring (bicyclic) bond motifs is 4. The quantitative estimate of drug-likeness (QED) is 0.0525. The van der Waals surface area contributed by atoms with Gasteiger partial charge in [0.15, 0.2) is 36.4 Å². The molecule has 310 valence electrons. The summed E-state index contributed by atoms with van der Waals surface area (Å²) in [5.74, 6) is 1.20. The van der Waals surface area contributed by atoms with Gasteiger partial charge in [0.05, 0.1) is 43.3 Å². The van der Waals surface area contributed by atoms with Crippen molar-refractivity contribution in [2.45, 2.75) is 50.0 Å². The summed E-state index contributed by atoms with van der Waals surface area (Å²) in [6.45, 7) is 15.9. The first-order valence-electron chi connectivity index (χ1n) is 19.2. The van der Waals surface area contributed by atoms with E-state index in [1.54, 1.807) is 19.2 Å². The number of hydrogen-bond donors (Lipinski definition) is 6. The number of rotatable bonds is 8. The number of aliphatic hydroxyl groups excluding tert-OH is 2. The monoisotopic (exact) mass is 807 g/mol. The zero-order valence-electron chi connectivity index (χ0n) is 34.5. The highest BCUT2D eigenvalue weighted by atomic mass is 16.5.